The first-order valence-electron chi connectivity index (χ1n) is 8.05. The van der Waals surface area contributed by atoms with Crippen molar-refractivity contribution in [3.63, 3.8) is 0 Å². The lowest BCUT2D eigenvalue weighted by Crippen LogP contribution is -2.43. The molecule has 1 aromatic rings. The molecule has 1 aliphatic rings. The first kappa shape index (κ1) is 16.1. The van der Waals surface area contributed by atoms with Crippen molar-refractivity contribution in [3.8, 4) is 11.5 Å². The minimum Gasteiger partial charge on any atom is -0.504 e. The van der Waals surface area contributed by atoms with E-state index in [-0.39, 0.29) is 5.75 Å². The summed E-state index contributed by atoms with van der Waals surface area (Å²) in [4.78, 5) is 2.43. The van der Waals surface area contributed by atoms with Crippen molar-refractivity contribution < 1.29 is 9.84 Å². The zero-order chi connectivity index (χ0) is 15.1. The van der Waals surface area contributed by atoms with Crippen LogP contribution in [0.4, 0.5) is 0 Å². The highest BCUT2D eigenvalue weighted by Crippen LogP contribution is 2.30. The molecule has 118 valence electrons. The molecular weight excluding hydrogens is 264 g/mol. The highest BCUT2D eigenvalue weighted by molar-refractivity contribution is 5.45. The van der Waals surface area contributed by atoms with Crippen LogP contribution >= 0.6 is 0 Å². The fraction of sp³-hybridized carbons (Fsp3) is 0.647. The number of nitrogens with one attached hydrogen (secondary N) is 1. The van der Waals surface area contributed by atoms with Crippen LogP contribution in [-0.4, -0.2) is 42.8 Å². The average molecular weight is 292 g/mol. The van der Waals surface area contributed by atoms with Crippen LogP contribution < -0.4 is 10.1 Å². The third kappa shape index (κ3) is 4.61. The predicted molar refractivity (Wildman–Crippen MR) is 85.9 cm³/mol. The van der Waals surface area contributed by atoms with Crippen molar-refractivity contribution in [2.45, 2.75) is 45.2 Å². The van der Waals surface area contributed by atoms with Gasteiger partial charge in [0.05, 0.1) is 7.11 Å². The number of aromatic hydroxyl groups is 1. The summed E-state index contributed by atoms with van der Waals surface area (Å²) in [7, 11) is 1.59. The number of nitrogens with zero attached hydrogens (tertiary/aromatic N) is 1. The SMILES string of the molecule is CCCN(Cc1cccc(OC)c1O)CC1CCCCN1. The maximum atomic E-state index is 10.2. The van der Waals surface area contributed by atoms with Crippen LogP contribution in [0.15, 0.2) is 18.2 Å². The molecule has 1 unspecified atom stereocenters. The molecule has 21 heavy (non-hydrogen) atoms. The smallest absolute Gasteiger partial charge is 0.162 e. The Morgan fingerprint density at radius 3 is 2.90 bits per heavy atom. The molecule has 2 rings (SSSR count). The fourth-order valence-corrected chi connectivity index (χ4v) is 3.04. The number of hydrogen-bond donors (Lipinski definition) is 2. The van der Waals surface area contributed by atoms with Crippen LogP contribution in [0.2, 0.25) is 0 Å². The summed E-state index contributed by atoms with van der Waals surface area (Å²) in [5.41, 5.74) is 0.943. The van der Waals surface area contributed by atoms with Gasteiger partial charge in [-0.2, -0.15) is 0 Å². The minimum absolute atomic E-state index is 0.276. The molecule has 0 radical (unpaired) electrons. The topological polar surface area (TPSA) is 44.7 Å². The molecule has 1 aromatic carbocycles. The number of methoxy groups -OCH3 is 1. The molecule has 0 bridgehead atoms. The van der Waals surface area contributed by atoms with E-state index in [1.807, 2.05) is 12.1 Å². The summed E-state index contributed by atoms with van der Waals surface area (Å²) in [6, 6.07) is 6.30. The third-order valence-corrected chi connectivity index (χ3v) is 4.13. The van der Waals surface area contributed by atoms with Gasteiger partial charge in [-0.05, 0) is 38.4 Å². The van der Waals surface area contributed by atoms with Gasteiger partial charge in [0.2, 0.25) is 0 Å². The van der Waals surface area contributed by atoms with Crippen molar-refractivity contribution in [3.05, 3.63) is 23.8 Å². The Morgan fingerprint density at radius 1 is 1.38 bits per heavy atom. The Balaban J connectivity index is 2.01. The van der Waals surface area contributed by atoms with E-state index in [4.69, 9.17) is 4.74 Å². The Hall–Kier alpha value is -1.26. The Kier molecular flexibility index (Phi) is 6.33. The molecule has 4 nitrogen and oxygen atoms in total. The average Bonchev–Trinajstić information content (AvgIpc) is 2.50. The maximum Gasteiger partial charge on any atom is 0.162 e. The van der Waals surface area contributed by atoms with Crippen LogP contribution in [-0.2, 0) is 6.54 Å². The van der Waals surface area contributed by atoms with Crippen LogP contribution in [0.5, 0.6) is 11.5 Å². The lowest BCUT2D eigenvalue weighted by molar-refractivity contribution is 0.214. The minimum atomic E-state index is 0.276. The molecule has 0 aromatic heterocycles. The molecule has 0 amide bonds. The largest absolute Gasteiger partial charge is 0.504 e. The van der Waals surface area contributed by atoms with Gasteiger partial charge in [0.15, 0.2) is 11.5 Å². The zero-order valence-corrected chi connectivity index (χ0v) is 13.3. The lowest BCUT2D eigenvalue weighted by atomic mass is 10.0. The lowest BCUT2D eigenvalue weighted by Gasteiger charge is -2.30. The van der Waals surface area contributed by atoms with Crippen LogP contribution in [0.25, 0.3) is 0 Å². The second-order valence-corrected chi connectivity index (χ2v) is 5.85. The monoisotopic (exact) mass is 292 g/mol. The summed E-state index contributed by atoms with van der Waals surface area (Å²) in [6.07, 6.45) is 4.99. The van der Waals surface area contributed by atoms with Crippen molar-refractivity contribution in [1.29, 1.82) is 0 Å². The molecule has 0 spiro atoms. The van der Waals surface area contributed by atoms with Gasteiger partial charge in [-0.15, -0.1) is 0 Å². The Bertz CT molecular complexity index is 431. The van der Waals surface area contributed by atoms with E-state index in [9.17, 15) is 5.11 Å². The molecule has 1 aliphatic heterocycles. The van der Waals surface area contributed by atoms with E-state index >= 15 is 0 Å². The Morgan fingerprint density at radius 2 is 2.24 bits per heavy atom. The van der Waals surface area contributed by atoms with Gasteiger partial charge in [0.1, 0.15) is 0 Å². The summed E-state index contributed by atoms with van der Waals surface area (Å²) in [6.45, 7) is 6.20. The van der Waals surface area contributed by atoms with E-state index in [2.05, 4.69) is 17.1 Å². The van der Waals surface area contributed by atoms with E-state index in [1.54, 1.807) is 13.2 Å². The summed E-state index contributed by atoms with van der Waals surface area (Å²) < 4.78 is 5.20. The quantitative estimate of drug-likeness (QED) is 0.811. The van der Waals surface area contributed by atoms with E-state index in [0.717, 1.165) is 38.2 Å². The summed E-state index contributed by atoms with van der Waals surface area (Å²) in [5, 5.41) is 13.8. The summed E-state index contributed by atoms with van der Waals surface area (Å²) >= 11 is 0. The van der Waals surface area contributed by atoms with Gasteiger partial charge in [-0.25, -0.2) is 0 Å². The number of para-hydroxylation sites is 1. The van der Waals surface area contributed by atoms with Crippen LogP contribution in [0, 0.1) is 0 Å². The van der Waals surface area contributed by atoms with Gasteiger partial charge in [0.25, 0.3) is 0 Å². The van der Waals surface area contributed by atoms with Crippen molar-refractivity contribution >= 4 is 0 Å². The van der Waals surface area contributed by atoms with Gasteiger partial charge in [-0.3, -0.25) is 4.90 Å². The van der Waals surface area contributed by atoms with Crippen LogP contribution in [0.3, 0.4) is 0 Å². The zero-order valence-electron chi connectivity index (χ0n) is 13.3. The number of ether oxygens (including phenoxy) is 1. The number of phenols is 1. The van der Waals surface area contributed by atoms with Gasteiger partial charge in [-0.1, -0.05) is 25.5 Å². The number of rotatable bonds is 7. The van der Waals surface area contributed by atoms with Gasteiger partial charge in [0, 0.05) is 24.7 Å². The molecule has 2 N–H and O–H groups in total. The predicted octanol–water partition coefficient (Wildman–Crippen LogP) is 2.75. The second-order valence-electron chi connectivity index (χ2n) is 5.85. The molecule has 4 heteroatoms. The Labute approximate surface area is 128 Å². The highest BCUT2D eigenvalue weighted by Gasteiger charge is 2.18. The molecule has 1 heterocycles. The van der Waals surface area contributed by atoms with Crippen molar-refractivity contribution in [2.75, 3.05) is 26.7 Å². The maximum absolute atomic E-state index is 10.2. The van der Waals surface area contributed by atoms with E-state index in [0.29, 0.717) is 11.8 Å². The van der Waals surface area contributed by atoms with Gasteiger partial charge >= 0.3 is 0 Å². The molecule has 1 atom stereocenters. The highest BCUT2D eigenvalue weighted by atomic mass is 16.5. The standard InChI is InChI=1S/C17H28N2O2/c1-3-11-19(13-15-8-4-5-10-18-15)12-14-7-6-9-16(21-2)17(14)20/h6-7,9,15,18,20H,3-5,8,10-13H2,1-2H3. The number of hydrogen-bond acceptors (Lipinski definition) is 4. The first-order chi connectivity index (χ1) is 10.2. The molecule has 0 aliphatic carbocycles. The van der Waals surface area contributed by atoms with Gasteiger partial charge < -0.3 is 15.2 Å². The van der Waals surface area contributed by atoms with E-state index < -0.39 is 0 Å². The summed E-state index contributed by atoms with van der Waals surface area (Å²) in [5.74, 6) is 0.831. The van der Waals surface area contributed by atoms with Crippen molar-refractivity contribution in [1.82, 2.24) is 10.2 Å². The second kappa shape index (κ2) is 8.25. The molecule has 0 saturated carbocycles. The molecule has 1 saturated heterocycles. The van der Waals surface area contributed by atoms with Crippen molar-refractivity contribution in [2.24, 2.45) is 0 Å². The number of piperidine rings is 1. The number of phenolic OH excluding ortho intramolecular Hbond substituents is 1. The van der Waals surface area contributed by atoms with E-state index in [1.165, 1.54) is 19.3 Å². The number of benzene rings is 1. The molecular formula is C17H28N2O2. The first-order valence-corrected chi connectivity index (χ1v) is 8.05. The van der Waals surface area contributed by atoms with Crippen LogP contribution in [0.1, 0.15) is 38.2 Å². The normalized spacial score (nSPS) is 18.9. The third-order valence-electron chi connectivity index (χ3n) is 4.13. The fourth-order valence-electron chi connectivity index (χ4n) is 3.04. The molecule has 1 fully saturated rings.